The van der Waals surface area contributed by atoms with E-state index in [1.54, 1.807) is 27.8 Å². The molecule has 1 amide bonds. The highest BCUT2D eigenvalue weighted by Gasteiger charge is 2.31. The van der Waals surface area contributed by atoms with Crippen molar-refractivity contribution in [3.05, 3.63) is 78.5 Å². The number of rotatable bonds is 8. The number of carbonyl (C=O) groups excluding carboxylic acids is 1. The number of alkyl halides is 3. The van der Waals surface area contributed by atoms with Crippen LogP contribution in [0.4, 0.5) is 13.2 Å². The van der Waals surface area contributed by atoms with Crippen molar-refractivity contribution >= 4 is 5.91 Å². The lowest BCUT2D eigenvalue weighted by atomic mass is 10.2. The monoisotopic (exact) mass is 470 g/mol. The lowest BCUT2D eigenvalue weighted by Crippen LogP contribution is -2.33. The molecule has 10 heteroatoms. The summed E-state index contributed by atoms with van der Waals surface area (Å²) in [5, 5.41) is 3.92. The first-order valence-electron chi connectivity index (χ1n) is 10.5. The molecule has 0 saturated carbocycles. The van der Waals surface area contributed by atoms with Crippen molar-refractivity contribution in [2.45, 2.75) is 26.4 Å². The summed E-state index contributed by atoms with van der Waals surface area (Å²) < 4.78 is 48.0. The second kappa shape index (κ2) is 9.82. The molecule has 34 heavy (non-hydrogen) atoms. The summed E-state index contributed by atoms with van der Waals surface area (Å²) in [6, 6.07) is 18.4. The van der Waals surface area contributed by atoms with Crippen LogP contribution in [0.15, 0.2) is 77.4 Å². The maximum Gasteiger partial charge on any atom is 0.573 e. The molecule has 0 aliphatic heterocycles. The van der Waals surface area contributed by atoms with E-state index in [-0.39, 0.29) is 29.9 Å². The van der Waals surface area contributed by atoms with Gasteiger partial charge in [-0.25, -0.2) is 0 Å². The number of carbonyl (C=O) groups is 1. The molecule has 0 fully saturated rings. The van der Waals surface area contributed by atoms with Gasteiger partial charge in [0.2, 0.25) is 11.7 Å². The summed E-state index contributed by atoms with van der Waals surface area (Å²) >= 11 is 0. The van der Waals surface area contributed by atoms with Crippen LogP contribution in [0.1, 0.15) is 12.5 Å². The highest BCUT2D eigenvalue weighted by molar-refractivity contribution is 5.76. The van der Waals surface area contributed by atoms with Crippen LogP contribution in [0, 0.1) is 0 Å². The number of hydrogen-bond donors (Lipinski definition) is 0. The van der Waals surface area contributed by atoms with Gasteiger partial charge in [-0.05, 0) is 48.9 Å². The largest absolute Gasteiger partial charge is 0.573 e. The van der Waals surface area contributed by atoms with Gasteiger partial charge in [0.25, 0.3) is 5.89 Å². The minimum absolute atomic E-state index is 0.0659. The van der Waals surface area contributed by atoms with Gasteiger partial charge in [-0.2, -0.15) is 4.98 Å². The lowest BCUT2D eigenvalue weighted by Gasteiger charge is -2.21. The van der Waals surface area contributed by atoms with Crippen molar-refractivity contribution in [2.75, 3.05) is 6.54 Å². The fourth-order valence-electron chi connectivity index (χ4n) is 3.42. The third-order valence-electron chi connectivity index (χ3n) is 5.08. The topological polar surface area (TPSA) is 73.4 Å². The van der Waals surface area contributed by atoms with Crippen LogP contribution in [0.2, 0.25) is 0 Å². The fraction of sp³-hybridized carbons (Fsp3) is 0.208. The zero-order chi connectivity index (χ0) is 24.1. The number of benzene rings is 2. The van der Waals surface area contributed by atoms with Gasteiger partial charge in [0.05, 0.1) is 0 Å². The Bertz CT molecular complexity index is 1230. The van der Waals surface area contributed by atoms with Crippen molar-refractivity contribution in [3.8, 4) is 28.7 Å². The summed E-state index contributed by atoms with van der Waals surface area (Å²) in [6.45, 7) is 3.07. The number of halogens is 3. The van der Waals surface area contributed by atoms with E-state index in [1.807, 2.05) is 37.3 Å². The molecule has 2 aromatic carbocycles. The van der Waals surface area contributed by atoms with Crippen LogP contribution in [0.3, 0.4) is 0 Å². The van der Waals surface area contributed by atoms with E-state index in [0.29, 0.717) is 24.3 Å². The zero-order valence-corrected chi connectivity index (χ0v) is 18.2. The van der Waals surface area contributed by atoms with Gasteiger partial charge in [0.15, 0.2) is 0 Å². The lowest BCUT2D eigenvalue weighted by molar-refractivity contribution is -0.274. The number of ether oxygens (including phenoxy) is 1. The summed E-state index contributed by atoms with van der Waals surface area (Å²) in [5.41, 5.74) is 2.05. The third-order valence-corrected chi connectivity index (χ3v) is 5.08. The van der Waals surface area contributed by atoms with Gasteiger partial charge >= 0.3 is 6.36 Å². The molecule has 0 unspecified atom stereocenters. The predicted molar refractivity (Wildman–Crippen MR) is 117 cm³/mol. The predicted octanol–water partition coefficient (Wildman–Crippen LogP) is 5.15. The van der Waals surface area contributed by atoms with E-state index in [2.05, 4.69) is 14.9 Å². The van der Waals surface area contributed by atoms with Gasteiger partial charge in [-0.3, -0.25) is 4.79 Å². The minimum atomic E-state index is -4.77. The molecule has 0 radical (unpaired) electrons. The molecule has 0 saturated heterocycles. The molecule has 0 spiro atoms. The van der Waals surface area contributed by atoms with Crippen LogP contribution in [0.5, 0.6) is 5.75 Å². The number of nitrogens with zero attached hydrogens (tertiary/aromatic N) is 4. The smallest absolute Gasteiger partial charge is 0.406 e. The van der Waals surface area contributed by atoms with Gasteiger partial charge in [0, 0.05) is 24.8 Å². The van der Waals surface area contributed by atoms with Crippen molar-refractivity contribution in [1.82, 2.24) is 19.6 Å². The molecule has 0 bridgehead atoms. The zero-order valence-electron chi connectivity index (χ0n) is 18.2. The first-order chi connectivity index (χ1) is 16.3. The Labute approximate surface area is 193 Å². The van der Waals surface area contributed by atoms with Gasteiger partial charge in [-0.1, -0.05) is 35.5 Å². The average Bonchev–Trinajstić information content (AvgIpc) is 3.47. The maximum absolute atomic E-state index is 12.9. The fourth-order valence-corrected chi connectivity index (χ4v) is 3.42. The highest BCUT2D eigenvalue weighted by atomic mass is 19.4. The van der Waals surface area contributed by atoms with E-state index < -0.39 is 6.36 Å². The first-order valence-corrected chi connectivity index (χ1v) is 10.5. The quantitative estimate of drug-likeness (QED) is 0.356. The van der Waals surface area contributed by atoms with Crippen LogP contribution < -0.4 is 4.74 Å². The van der Waals surface area contributed by atoms with E-state index >= 15 is 0 Å². The van der Waals surface area contributed by atoms with Crippen molar-refractivity contribution in [2.24, 2.45) is 0 Å². The summed E-state index contributed by atoms with van der Waals surface area (Å²) in [5.74, 6) is -0.0199. The molecule has 0 aliphatic carbocycles. The van der Waals surface area contributed by atoms with Crippen molar-refractivity contribution < 1.29 is 27.2 Å². The van der Waals surface area contributed by atoms with E-state index in [4.69, 9.17) is 4.52 Å². The molecule has 0 N–H and O–H groups in total. The molecule has 2 heterocycles. The molecule has 7 nitrogen and oxygen atoms in total. The summed E-state index contributed by atoms with van der Waals surface area (Å²) in [6.07, 6.45) is -3.02. The number of amides is 1. The highest BCUT2D eigenvalue weighted by Crippen LogP contribution is 2.27. The Morgan fingerprint density at radius 2 is 1.79 bits per heavy atom. The maximum atomic E-state index is 12.9. The second-order valence-electron chi connectivity index (χ2n) is 7.41. The Hall–Kier alpha value is -4.08. The third kappa shape index (κ3) is 5.64. The Balaban J connectivity index is 1.47. The molecule has 176 valence electrons. The van der Waals surface area contributed by atoms with Crippen molar-refractivity contribution in [3.63, 3.8) is 0 Å². The number of hydrogen-bond acceptors (Lipinski definition) is 5. The van der Waals surface area contributed by atoms with Crippen LogP contribution >= 0.6 is 0 Å². The van der Waals surface area contributed by atoms with Crippen LogP contribution in [-0.4, -0.2) is 38.4 Å². The molecule has 4 aromatic rings. The second-order valence-corrected chi connectivity index (χ2v) is 7.41. The Morgan fingerprint density at radius 3 is 2.47 bits per heavy atom. The summed E-state index contributed by atoms with van der Waals surface area (Å²) in [7, 11) is 0. The number of aromatic nitrogens is 3. The molecule has 0 atom stereocenters. The van der Waals surface area contributed by atoms with E-state index in [9.17, 15) is 18.0 Å². The SMILES string of the molecule is CCN(Cc1ccccc1)C(=O)Cn1cccc1-c1nc(-c2ccc(OC(F)(F)F)cc2)no1. The van der Waals surface area contributed by atoms with E-state index in [0.717, 1.165) is 5.56 Å². The van der Waals surface area contributed by atoms with E-state index in [1.165, 1.54) is 24.3 Å². The average molecular weight is 470 g/mol. The van der Waals surface area contributed by atoms with Gasteiger partial charge < -0.3 is 18.7 Å². The molecular formula is C24H21F3N4O3. The number of likely N-dealkylation sites (N-methyl/N-ethyl adjacent to an activating group) is 1. The summed E-state index contributed by atoms with van der Waals surface area (Å²) in [4.78, 5) is 19.0. The Kier molecular flexibility index (Phi) is 6.67. The molecule has 0 aliphatic rings. The standard InChI is InChI=1S/C24H21F3N4O3/c1-2-30(15-17-7-4-3-5-8-17)21(32)16-31-14-6-9-20(31)23-28-22(29-34-23)18-10-12-19(13-11-18)33-24(25,26)27/h3-14H,2,15-16H2,1H3. The van der Waals surface area contributed by atoms with Crippen molar-refractivity contribution in [1.29, 1.82) is 0 Å². The van der Waals surface area contributed by atoms with Gasteiger partial charge in [0.1, 0.15) is 18.0 Å². The van der Waals surface area contributed by atoms with Gasteiger partial charge in [-0.15, -0.1) is 13.2 Å². The molecular weight excluding hydrogens is 449 g/mol. The Morgan fingerprint density at radius 1 is 1.06 bits per heavy atom. The first kappa shape index (κ1) is 23.1. The van der Waals surface area contributed by atoms with Crippen LogP contribution in [-0.2, 0) is 17.9 Å². The molecule has 4 rings (SSSR count). The molecule has 2 aromatic heterocycles. The normalized spacial score (nSPS) is 11.4. The van der Waals surface area contributed by atoms with Crippen LogP contribution in [0.25, 0.3) is 23.0 Å². The minimum Gasteiger partial charge on any atom is -0.406 e.